The van der Waals surface area contributed by atoms with Crippen LogP contribution in [0.4, 0.5) is 17.1 Å². The number of fused-ring (bicyclic) bond motifs is 3. The lowest BCUT2D eigenvalue weighted by atomic mass is 10.0. The molecule has 0 aliphatic carbocycles. The standard InChI is InChI=1S/C38H27NO/c1-3-11-28(12-4-1)29-21-24-32(25-22-29)39(37-17-9-10-18-38(37)40-34-14-5-2-6-15-34)33-26-23-31-20-19-30-13-7-8-16-35(30)36(31)27-33/h1-27H. The largest absolute Gasteiger partial charge is 0.455 e. The Morgan fingerprint density at radius 3 is 1.77 bits per heavy atom. The Bertz CT molecular complexity index is 1910. The summed E-state index contributed by atoms with van der Waals surface area (Å²) in [5.41, 5.74) is 5.48. The monoisotopic (exact) mass is 513 g/mol. The van der Waals surface area contributed by atoms with E-state index in [0.29, 0.717) is 0 Å². The van der Waals surface area contributed by atoms with E-state index in [4.69, 9.17) is 4.74 Å². The van der Waals surface area contributed by atoms with Crippen LogP contribution in [-0.4, -0.2) is 0 Å². The van der Waals surface area contributed by atoms with Crippen molar-refractivity contribution in [2.45, 2.75) is 0 Å². The van der Waals surface area contributed by atoms with Gasteiger partial charge in [0.25, 0.3) is 0 Å². The molecule has 190 valence electrons. The number of para-hydroxylation sites is 3. The van der Waals surface area contributed by atoms with Gasteiger partial charge >= 0.3 is 0 Å². The van der Waals surface area contributed by atoms with E-state index in [1.54, 1.807) is 0 Å². The number of nitrogens with zero attached hydrogens (tertiary/aromatic N) is 1. The molecule has 0 spiro atoms. The molecule has 0 N–H and O–H groups in total. The zero-order valence-corrected chi connectivity index (χ0v) is 21.9. The van der Waals surface area contributed by atoms with Crippen LogP contribution in [0.2, 0.25) is 0 Å². The minimum Gasteiger partial charge on any atom is -0.455 e. The molecule has 0 bridgehead atoms. The van der Waals surface area contributed by atoms with Crippen molar-refractivity contribution in [1.82, 2.24) is 0 Å². The molecular formula is C38H27NO. The van der Waals surface area contributed by atoms with Gasteiger partial charge in [0, 0.05) is 11.4 Å². The minimum absolute atomic E-state index is 0.791. The summed E-state index contributed by atoms with van der Waals surface area (Å²) in [5.74, 6) is 1.60. The molecule has 2 nitrogen and oxygen atoms in total. The van der Waals surface area contributed by atoms with Crippen LogP contribution in [0.25, 0.3) is 32.7 Å². The molecule has 7 aromatic carbocycles. The molecule has 0 saturated heterocycles. The first-order chi connectivity index (χ1) is 19.8. The van der Waals surface area contributed by atoms with E-state index in [1.165, 1.54) is 32.7 Å². The summed E-state index contributed by atoms with van der Waals surface area (Å²) in [6.07, 6.45) is 0. The number of hydrogen-bond acceptors (Lipinski definition) is 2. The van der Waals surface area contributed by atoms with Crippen LogP contribution in [0.15, 0.2) is 164 Å². The van der Waals surface area contributed by atoms with Gasteiger partial charge in [-0.15, -0.1) is 0 Å². The van der Waals surface area contributed by atoms with Crippen LogP contribution in [0, 0.1) is 0 Å². The Balaban J connectivity index is 1.40. The lowest BCUT2D eigenvalue weighted by molar-refractivity contribution is 0.484. The van der Waals surface area contributed by atoms with Crippen LogP contribution < -0.4 is 9.64 Å². The maximum Gasteiger partial charge on any atom is 0.151 e. The lowest BCUT2D eigenvalue weighted by Gasteiger charge is -2.28. The van der Waals surface area contributed by atoms with Gasteiger partial charge in [-0.3, -0.25) is 0 Å². The van der Waals surface area contributed by atoms with Gasteiger partial charge in [-0.2, -0.15) is 0 Å². The molecule has 0 aliphatic rings. The van der Waals surface area contributed by atoms with Gasteiger partial charge in [0.2, 0.25) is 0 Å². The Morgan fingerprint density at radius 2 is 0.975 bits per heavy atom. The van der Waals surface area contributed by atoms with Crippen LogP contribution >= 0.6 is 0 Å². The van der Waals surface area contributed by atoms with E-state index >= 15 is 0 Å². The van der Waals surface area contributed by atoms with Crippen molar-refractivity contribution in [3.05, 3.63) is 164 Å². The summed E-state index contributed by atoms with van der Waals surface area (Å²) in [7, 11) is 0. The van der Waals surface area contributed by atoms with Crippen molar-refractivity contribution >= 4 is 38.6 Å². The summed E-state index contributed by atoms with van der Waals surface area (Å²) in [6.45, 7) is 0. The van der Waals surface area contributed by atoms with E-state index in [0.717, 1.165) is 28.6 Å². The van der Waals surface area contributed by atoms with Gasteiger partial charge in [-0.05, 0) is 81.2 Å². The smallest absolute Gasteiger partial charge is 0.151 e. The Morgan fingerprint density at radius 1 is 0.400 bits per heavy atom. The van der Waals surface area contributed by atoms with Gasteiger partial charge < -0.3 is 9.64 Å². The zero-order valence-electron chi connectivity index (χ0n) is 21.9. The molecule has 2 heteroatoms. The predicted octanol–water partition coefficient (Wildman–Crippen LogP) is 10.9. The highest BCUT2D eigenvalue weighted by atomic mass is 16.5. The number of rotatable bonds is 6. The average Bonchev–Trinajstić information content (AvgIpc) is 3.03. The normalized spacial score (nSPS) is 11.0. The Hall–Kier alpha value is -5.34. The third-order valence-electron chi connectivity index (χ3n) is 7.30. The highest BCUT2D eigenvalue weighted by molar-refractivity contribution is 6.09. The highest BCUT2D eigenvalue weighted by Crippen LogP contribution is 2.43. The first kappa shape index (κ1) is 23.8. The highest BCUT2D eigenvalue weighted by Gasteiger charge is 2.18. The zero-order chi connectivity index (χ0) is 26.7. The summed E-state index contributed by atoms with van der Waals surface area (Å²) in [4.78, 5) is 2.29. The van der Waals surface area contributed by atoms with Gasteiger partial charge in [-0.1, -0.05) is 115 Å². The SMILES string of the molecule is c1ccc(Oc2ccccc2N(c2ccc(-c3ccccc3)cc2)c2ccc3ccc4ccccc4c3c2)cc1. The number of anilines is 3. The fourth-order valence-corrected chi connectivity index (χ4v) is 5.33. The van der Waals surface area contributed by atoms with Crippen molar-refractivity contribution in [3.63, 3.8) is 0 Å². The fraction of sp³-hybridized carbons (Fsp3) is 0. The van der Waals surface area contributed by atoms with Crippen molar-refractivity contribution < 1.29 is 4.74 Å². The van der Waals surface area contributed by atoms with E-state index in [-0.39, 0.29) is 0 Å². The second-order valence-electron chi connectivity index (χ2n) is 9.82. The lowest BCUT2D eigenvalue weighted by Crippen LogP contribution is -2.11. The van der Waals surface area contributed by atoms with Crippen LogP contribution in [0.1, 0.15) is 0 Å². The van der Waals surface area contributed by atoms with Crippen molar-refractivity contribution in [2.75, 3.05) is 4.90 Å². The maximum absolute atomic E-state index is 6.44. The Labute approximate surface area is 234 Å². The molecule has 0 unspecified atom stereocenters. The van der Waals surface area contributed by atoms with Crippen LogP contribution in [0.5, 0.6) is 11.5 Å². The summed E-state index contributed by atoms with van der Waals surface area (Å²) < 4.78 is 6.44. The van der Waals surface area contributed by atoms with E-state index < -0.39 is 0 Å². The Kier molecular flexibility index (Phi) is 6.20. The summed E-state index contributed by atoms with van der Waals surface area (Å²) in [5, 5.41) is 4.92. The molecule has 0 saturated carbocycles. The van der Waals surface area contributed by atoms with Crippen LogP contribution in [-0.2, 0) is 0 Å². The molecule has 7 aromatic rings. The molecule has 0 aliphatic heterocycles. The molecule has 0 aromatic heterocycles. The topological polar surface area (TPSA) is 12.5 Å². The third-order valence-corrected chi connectivity index (χ3v) is 7.30. The van der Waals surface area contributed by atoms with Gasteiger partial charge in [0.1, 0.15) is 5.75 Å². The van der Waals surface area contributed by atoms with E-state index in [2.05, 4.69) is 120 Å². The van der Waals surface area contributed by atoms with Crippen molar-refractivity contribution in [3.8, 4) is 22.6 Å². The maximum atomic E-state index is 6.44. The quantitative estimate of drug-likeness (QED) is 0.205. The predicted molar refractivity (Wildman–Crippen MR) is 168 cm³/mol. The first-order valence-electron chi connectivity index (χ1n) is 13.5. The minimum atomic E-state index is 0.791. The average molecular weight is 514 g/mol. The molecule has 40 heavy (non-hydrogen) atoms. The molecule has 7 rings (SSSR count). The molecule has 0 radical (unpaired) electrons. The molecule has 0 fully saturated rings. The first-order valence-corrected chi connectivity index (χ1v) is 13.5. The van der Waals surface area contributed by atoms with Crippen molar-refractivity contribution in [2.24, 2.45) is 0 Å². The number of hydrogen-bond donors (Lipinski definition) is 0. The second-order valence-corrected chi connectivity index (χ2v) is 9.82. The van der Waals surface area contributed by atoms with E-state index in [9.17, 15) is 0 Å². The van der Waals surface area contributed by atoms with E-state index in [1.807, 2.05) is 48.5 Å². The second kappa shape index (κ2) is 10.4. The van der Waals surface area contributed by atoms with Crippen molar-refractivity contribution in [1.29, 1.82) is 0 Å². The molecule has 0 amide bonds. The number of benzene rings is 7. The fourth-order valence-electron chi connectivity index (χ4n) is 5.33. The summed E-state index contributed by atoms with van der Waals surface area (Å²) >= 11 is 0. The molecule has 0 atom stereocenters. The molecule has 0 heterocycles. The summed E-state index contributed by atoms with van der Waals surface area (Å²) in [6, 6.07) is 57.1. The van der Waals surface area contributed by atoms with Gasteiger partial charge in [0.05, 0.1) is 5.69 Å². The number of ether oxygens (including phenoxy) is 1. The van der Waals surface area contributed by atoms with Gasteiger partial charge in [0.15, 0.2) is 5.75 Å². The van der Waals surface area contributed by atoms with Gasteiger partial charge in [-0.25, -0.2) is 0 Å². The van der Waals surface area contributed by atoms with Crippen LogP contribution in [0.3, 0.4) is 0 Å². The third kappa shape index (κ3) is 4.57. The molecular weight excluding hydrogens is 486 g/mol.